The molecule has 0 aliphatic carbocycles. The van der Waals surface area contributed by atoms with Crippen LogP contribution < -0.4 is 0 Å². The van der Waals surface area contributed by atoms with Gasteiger partial charge in [-0.3, -0.25) is 0 Å². The highest BCUT2D eigenvalue weighted by molar-refractivity contribution is 8.65. The van der Waals surface area contributed by atoms with Crippen LogP contribution in [0, 0.1) is 0 Å². The van der Waals surface area contributed by atoms with E-state index in [9.17, 15) is 34.6 Å². The second kappa shape index (κ2) is 9.65. The molecule has 0 N–H and O–H groups in total. The summed E-state index contributed by atoms with van der Waals surface area (Å²) < 4.78 is 81.1. The van der Waals surface area contributed by atoms with Gasteiger partial charge in [-0.1, -0.05) is 54.6 Å². The van der Waals surface area contributed by atoms with Crippen LogP contribution in [0.5, 0.6) is 0 Å². The largest absolute Gasteiger partial charge is 0.735 e. The SMILES string of the molecule is O=S(=O)([O-])S(=O)(=O)C(F)(F)F.c1ccc([S+](c2ccccc2)c2ccccc2)cc1. The Balaban J connectivity index is 0.000000252. The van der Waals surface area contributed by atoms with E-state index in [1.807, 2.05) is 0 Å². The maximum absolute atomic E-state index is 11.2. The fraction of sp³-hybridized carbons (Fsp3) is 0.0526. The summed E-state index contributed by atoms with van der Waals surface area (Å²) in [6.07, 6.45) is 0. The van der Waals surface area contributed by atoms with Crippen LogP contribution in [0.3, 0.4) is 0 Å². The molecule has 5 nitrogen and oxygen atoms in total. The van der Waals surface area contributed by atoms with Crippen molar-refractivity contribution in [3.63, 3.8) is 0 Å². The molecular formula is C19H15F3O5S3. The van der Waals surface area contributed by atoms with Gasteiger partial charge in [-0.05, 0) is 36.4 Å². The normalized spacial score (nSPS) is 12.2. The molecule has 0 heterocycles. The third-order valence-corrected chi connectivity index (χ3v) is 9.00. The average Bonchev–Trinajstić information content (AvgIpc) is 2.70. The molecule has 0 saturated carbocycles. The lowest BCUT2D eigenvalue weighted by Crippen LogP contribution is -2.30. The van der Waals surface area contributed by atoms with Crippen molar-refractivity contribution in [2.45, 2.75) is 20.2 Å². The molecule has 0 fully saturated rings. The van der Waals surface area contributed by atoms with Gasteiger partial charge in [0.1, 0.15) is 0 Å². The maximum atomic E-state index is 11.2. The van der Waals surface area contributed by atoms with Crippen molar-refractivity contribution in [3.05, 3.63) is 91.0 Å². The summed E-state index contributed by atoms with van der Waals surface area (Å²) >= 11 is 0. The van der Waals surface area contributed by atoms with Gasteiger partial charge < -0.3 is 4.55 Å². The van der Waals surface area contributed by atoms with Crippen LogP contribution in [0.15, 0.2) is 106 Å². The maximum Gasteiger partial charge on any atom is 0.510 e. The molecule has 3 rings (SSSR count). The van der Waals surface area contributed by atoms with E-state index < -0.39 is 23.5 Å². The zero-order valence-corrected chi connectivity index (χ0v) is 17.5. The fourth-order valence-corrected chi connectivity index (χ4v) is 5.22. The number of rotatable bonds is 4. The number of hydrogen-bond acceptors (Lipinski definition) is 5. The van der Waals surface area contributed by atoms with E-state index >= 15 is 0 Å². The second-order valence-corrected chi connectivity index (χ2v) is 12.3. The Morgan fingerprint density at radius 1 is 0.600 bits per heavy atom. The Bertz CT molecular complexity index is 1060. The van der Waals surface area contributed by atoms with Crippen LogP contribution in [0.2, 0.25) is 0 Å². The molecule has 0 atom stereocenters. The molecule has 0 spiro atoms. The first-order valence-electron chi connectivity index (χ1n) is 8.12. The molecule has 0 aromatic heterocycles. The fourth-order valence-electron chi connectivity index (χ4n) is 2.19. The Hall–Kier alpha value is -2.34. The van der Waals surface area contributed by atoms with Crippen molar-refractivity contribution in [1.29, 1.82) is 0 Å². The van der Waals surface area contributed by atoms with Gasteiger partial charge in [0.25, 0.3) is 0 Å². The van der Waals surface area contributed by atoms with Crippen LogP contribution in [-0.2, 0) is 28.9 Å². The monoisotopic (exact) mass is 476 g/mol. The quantitative estimate of drug-likeness (QED) is 0.320. The molecule has 0 unspecified atom stereocenters. The molecule has 3 aromatic rings. The van der Waals surface area contributed by atoms with Gasteiger partial charge in [0.05, 0.1) is 10.9 Å². The van der Waals surface area contributed by atoms with E-state index in [1.54, 1.807) is 0 Å². The number of benzene rings is 3. The number of alkyl halides is 3. The summed E-state index contributed by atoms with van der Waals surface area (Å²) in [6.45, 7) is 0. The lowest BCUT2D eigenvalue weighted by molar-refractivity contribution is -0.0414. The highest BCUT2D eigenvalue weighted by atomic mass is 33.2. The average molecular weight is 477 g/mol. The summed E-state index contributed by atoms with van der Waals surface area (Å²) in [4.78, 5) is 4.08. The lowest BCUT2D eigenvalue weighted by atomic mass is 10.4. The van der Waals surface area contributed by atoms with Crippen molar-refractivity contribution >= 4 is 28.9 Å². The smallest absolute Gasteiger partial charge is 0.510 e. The van der Waals surface area contributed by atoms with Crippen molar-refractivity contribution in [1.82, 2.24) is 0 Å². The third-order valence-electron chi connectivity index (χ3n) is 3.49. The van der Waals surface area contributed by atoms with Crippen molar-refractivity contribution in [2.24, 2.45) is 0 Å². The minimum Gasteiger partial charge on any atom is -0.735 e. The highest BCUT2D eigenvalue weighted by Crippen LogP contribution is 2.30. The summed E-state index contributed by atoms with van der Waals surface area (Å²) in [5.74, 6) is 0. The van der Waals surface area contributed by atoms with Gasteiger partial charge in [0.15, 0.2) is 14.7 Å². The first-order valence-corrected chi connectivity index (χ1v) is 12.7. The zero-order chi connectivity index (χ0) is 22.4. The first-order chi connectivity index (χ1) is 13.9. The third kappa shape index (κ3) is 5.85. The molecule has 30 heavy (non-hydrogen) atoms. The van der Waals surface area contributed by atoms with E-state index in [1.165, 1.54) is 14.7 Å². The Morgan fingerprint density at radius 3 is 1.03 bits per heavy atom. The highest BCUT2D eigenvalue weighted by Gasteiger charge is 2.50. The van der Waals surface area contributed by atoms with Crippen LogP contribution in [-0.4, -0.2) is 26.9 Å². The Morgan fingerprint density at radius 2 is 0.867 bits per heavy atom. The molecule has 0 amide bonds. The molecule has 0 saturated heterocycles. The van der Waals surface area contributed by atoms with Crippen molar-refractivity contribution in [3.8, 4) is 0 Å². The van der Waals surface area contributed by atoms with Gasteiger partial charge >= 0.3 is 14.4 Å². The summed E-state index contributed by atoms with van der Waals surface area (Å²) in [6, 6.07) is 32.2. The zero-order valence-electron chi connectivity index (χ0n) is 15.1. The standard InChI is InChI=1S/C18H15S.CHF3O5S2/c1-4-10-16(11-5-1)19(17-12-6-2-7-13-17)18-14-8-3-9-15-18;2-1(3,4)10(5,6)11(7,8)9/h1-15H;(H,7,8,9)/q+1;/p-1. The van der Waals surface area contributed by atoms with Gasteiger partial charge in [0.2, 0.25) is 9.15 Å². The molecule has 11 heteroatoms. The summed E-state index contributed by atoms with van der Waals surface area (Å²) in [5.41, 5.74) is -6.05. The van der Waals surface area contributed by atoms with E-state index in [0.29, 0.717) is 0 Å². The second-order valence-electron chi connectivity index (χ2n) is 5.55. The minimum absolute atomic E-state index is 0.0146. The van der Waals surface area contributed by atoms with Crippen LogP contribution in [0.25, 0.3) is 0 Å². The predicted molar refractivity (Wildman–Crippen MR) is 106 cm³/mol. The lowest BCUT2D eigenvalue weighted by Gasteiger charge is -2.09. The van der Waals surface area contributed by atoms with E-state index in [0.717, 1.165) is 0 Å². The Labute approximate surface area is 174 Å². The topological polar surface area (TPSA) is 91.3 Å². The van der Waals surface area contributed by atoms with E-state index in [-0.39, 0.29) is 10.9 Å². The summed E-state index contributed by atoms with van der Waals surface area (Å²) in [7, 11) is -13.0. The predicted octanol–water partition coefficient (Wildman–Crippen LogP) is 4.16. The van der Waals surface area contributed by atoms with E-state index in [2.05, 4.69) is 91.0 Å². The molecule has 0 aliphatic heterocycles. The minimum atomic E-state index is -6.60. The van der Waals surface area contributed by atoms with E-state index in [4.69, 9.17) is 0 Å². The van der Waals surface area contributed by atoms with Crippen LogP contribution in [0.4, 0.5) is 13.2 Å². The molecule has 160 valence electrons. The van der Waals surface area contributed by atoms with Crippen LogP contribution in [0.1, 0.15) is 0 Å². The number of halogens is 3. The van der Waals surface area contributed by atoms with Gasteiger partial charge in [-0.15, -0.1) is 0 Å². The molecule has 0 bridgehead atoms. The van der Waals surface area contributed by atoms with Crippen LogP contribution >= 0.6 is 0 Å². The van der Waals surface area contributed by atoms with Gasteiger partial charge in [0, 0.05) is 0 Å². The molecule has 0 aliphatic rings. The molecule has 0 radical (unpaired) electrons. The number of hydrogen-bond donors (Lipinski definition) is 0. The molecule has 3 aromatic carbocycles. The summed E-state index contributed by atoms with van der Waals surface area (Å²) in [5, 5.41) is 0. The first kappa shape index (κ1) is 23.9. The van der Waals surface area contributed by atoms with Crippen molar-refractivity contribution in [2.75, 3.05) is 0 Å². The Kier molecular flexibility index (Phi) is 7.70. The molecular weight excluding hydrogens is 461 g/mol. The van der Waals surface area contributed by atoms with Gasteiger partial charge in [-0.2, -0.15) is 13.2 Å². The van der Waals surface area contributed by atoms with Crippen molar-refractivity contribution < 1.29 is 34.6 Å². The van der Waals surface area contributed by atoms with Gasteiger partial charge in [-0.25, -0.2) is 16.8 Å².